The molecule has 2 aromatic carbocycles. The van der Waals surface area contributed by atoms with E-state index in [9.17, 15) is 14.8 Å². The number of hydrogen-bond acceptors (Lipinski definition) is 8. The van der Waals surface area contributed by atoms with E-state index in [1.165, 1.54) is 0 Å². The first kappa shape index (κ1) is 22.4. The van der Waals surface area contributed by atoms with Crippen molar-refractivity contribution in [3.63, 3.8) is 0 Å². The van der Waals surface area contributed by atoms with Crippen molar-refractivity contribution in [2.75, 3.05) is 6.61 Å². The largest absolute Gasteiger partial charge is 0.475 e. The molecular formula is C19H22N3O7P. The molecule has 0 radical (unpaired) electrons. The van der Waals surface area contributed by atoms with Gasteiger partial charge < -0.3 is 14.9 Å². The molecule has 0 aromatic heterocycles. The van der Waals surface area contributed by atoms with Crippen LogP contribution in [0.5, 0.6) is 0 Å². The van der Waals surface area contributed by atoms with Gasteiger partial charge in [-0.25, -0.2) is 4.57 Å². The van der Waals surface area contributed by atoms with Gasteiger partial charge in [-0.15, -0.1) is 0 Å². The van der Waals surface area contributed by atoms with Gasteiger partial charge in [-0.05, 0) is 16.7 Å². The molecular weight excluding hydrogens is 413 g/mol. The van der Waals surface area contributed by atoms with E-state index >= 15 is 0 Å². The normalized spacial score (nSPS) is 23.8. The number of aliphatic hydroxyl groups excluding tert-OH is 2. The van der Waals surface area contributed by atoms with Gasteiger partial charge in [0.1, 0.15) is 18.3 Å². The Morgan fingerprint density at radius 2 is 1.47 bits per heavy atom. The zero-order valence-corrected chi connectivity index (χ0v) is 16.8. The van der Waals surface area contributed by atoms with Crippen molar-refractivity contribution in [3.05, 3.63) is 82.2 Å². The average molecular weight is 435 g/mol. The van der Waals surface area contributed by atoms with Crippen molar-refractivity contribution in [2.45, 2.75) is 37.8 Å². The van der Waals surface area contributed by atoms with Gasteiger partial charge in [0.25, 0.3) is 0 Å². The Kier molecular flexibility index (Phi) is 7.98. The van der Waals surface area contributed by atoms with Crippen LogP contribution in [0.4, 0.5) is 0 Å². The maximum Gasteiger partial charge on any atom is 0.475 e. The third-order valence-corrected chi connectivity index (χ3v) is 5.72. The van der Waals surface area contributed by atoms with E-state index in [-0.39, 0.29) is 13.2 Å². The molecule has 1 aliphatic heterocycles. The molecule has 2 aromatic rings. The molecule has 0 bridgehead atoms. The van der Waals surface area contributed by atoms with Crippen LogP contribution in [0.1, 0.15) is 11.1 Å². The maximum absolute atomic E-state index is 13.2. The van der Waals surface area contributed by atoms with Crippen LogP contribution in [-0.4, -0.2) is 41.4 Å². The predicted octanol–water partition coefficient (Wildman–Crippen LogP) is 3.30. The summed E-state index contributed by atoms with van der Waals surface area (Å²) in [5.74, 6) is 0. The highest BCUT2D eigenvalue weighted by atomic mass is 31.2. The summed E-state index contributed by atoms with van der Waals surface area (Å²) >= 11 is 0. The molecule has 11 heteroatoms. The molecule has 160 valence electrons. The van der Waals surface area contributed by atoms with Gasteiger partial charge in [0, 0.05) is 4.91 Å². The molecule has 2 N–H and O–H groups in total. The third kappa shape index (κ3) is 6.12. The van der Waals surface area contributed by atoms with Gasteiger partial charge in [-0.1, -0.05) is 65.8 Å². The molecule has 0 spiro atoms. The van der Waals surface area contributed by atoms with Crippen LogP contribution in [-0.2, 0) is 36.1 Å². The Labute approximate surface area is 173 Å². The second kappa shape index (κ2) is 10.7. The summed E-state index contributed by atoms with van der Waals surface area (Å²) in [6, 6.07) is 18.1. The third-order valence-electron chi connectivity index (χ3n) is 4.36. The van der Waals surface area contributed by atoms with Crippen molar-refractivity contribution in [1.82, 2.24) is 0 Å². The van der Waals surface area contributed by atoms with Crippen molar-refractivity contribution in [1.29, 1.82) is 0 Å². The monoisotopic (exact) mass is 435 g/mol. The molecule has 0 aliphatic carbocycles. The van der Waals surface area contributed by atoms with Crippen molar-refractivity contribution < 1.29 is 33.1 Å². The Hall–Kier alpha value is -2.26. The minimum absolute atomic E-state index is 0.0229. The van der Waals surface area contributed by atoms with E-state index in [1.54, 1.807) is 24.3 Å². The lowest BCUT2D eigenvalue weighted by Gasteiger charge is -2.21. The van der Waals surface area contributed by atoms with Gasteiger partial charge in [0.15, 0.2) is 6.23 Å². The van der Waals surface area contributed by atoms with Crippen LogP contribution >= 0.6 is 7.82 Å². The fourth-order valence-corrected chi connectivity index (χ4v) is 3.91. The average Bonchev–Trinajstić information content (AvgIpc) is 3.05. The highest BCUT2D eigenvalue weighted by Gasteiger charge is 2.43. The fourth-order valence-electron chi connectivity index (χ4n) is 2.75. The molecule has 10 nitrogen and oxygen atoms in total. The number of rotatable bonds is 10. The summed E-state index contributed by atoms with van der Waals surface area (Å²) in [6.45, 7) is -0.452. The minimum atomic E-state index is -4.06. The lowest BCUT2D eigenvalue weighted by molar-refractivity contribution is -0.0253. The molecule has 0 amide bonds. The summed E-state index contributed by atoms with van der Waals surface area (Å²) in [7, 11) is -4.06. The van der Waals surface area contributed by atoms with E-state index in [2.05, 4.69) is 10.0 Å². The summed E-state index contributed by atoms with van der Waals surface area (Å²) in [6.07, 6.45) is -5.17. The predicted molar refractivity (Wildman–Crippen MR) is 106 cm³/mol. The first-order chi connectivity index (χ1) is 14.5. The van der Waals surface area contributed by atoms with Gasteiger partial charge in [-0.2, -0.15) is 0 Å². The molecule has 0 saturated carbocycles. The number of benzene rings is 2. The van der Waals surface area contributed by atoms with Crippen molar-refractivity contribution in [2.24, 2.45) is 5.11 Å². The van der Waals surface area contributed by atoms with E-state index in [0.717, 1.165) is 11.1 Å². The molecule has 3 rings (SSSR count). The van der Waals surface area contributed by atoms with Gasteiger partial charge in [-0.3, -0.25) is 13.6 Å². The number of aliphatic hydroxyl groups is 2. The van der Waals surface area contributed by atoms with E-state index in [4.69, 9.17) is 23.8 Å². The van der Waals surface area contributed by atoms with E-state index < -0.39 is 39.0 Å². The zero-order valence-electron chi connectivity index (χ0n) is 15.9. The maximum atomic E-state index is 13.2. The van der Waals surface area contributed by atoms with Crippen LogP contribution in [0.3, 0.4) is 0 Å². The standard InChI is InChI=1S/C19H22N3O7P/c20-22-21-19-18(24)17(23)16(29-19)13-28-30(25,26-11-14-7-3-1-4-8-14)27-12-15-9-5-2-6-10-15/h1-10,16-19,23-24H,11-13H2/t16-,17-,18-,19-/m1/s1. The lowest BCUT2D eigenvalue weighted by atomic mass is 10.1. The summed E-state index contributed by atoms with van der Waals surface area (Å²) in [5.41, 5.74) is 10.0. The van der Waals surface area contributed by atoms with Gasteiger partial charge >= 0.3 is 7.82 Å². The molecule has 30 heavy (non-hydrogen) atoms. The number of azide groups is 1. The van der Waals surface area contributed by atoms with E-state index in [1.807, 2.05) is 36.4 Å². The Balaban J connectivity index is 1.65. The highest BCUT2D eigenvalue weighted by molar-refractivity contribution is 7.48. The summed E-state index contributed by atoms with van der Waals surface area (Å²) in [5, 5.41) is 23.2. The summed E-state index contributed by atoms with van der Waals surface area (Å²) in [4.78, 5) is 2.56. The highest BCUT2D eigenvalue weighted by Crippen LogP contribution is 2.51. The molecule has 4 atom stereocenters. The lowest BCUT2D eigenvalue weighted by Crippen LogP contribution is -2.33. The number of nitrogens with zero attached hydrogens (tertiary/aromatic N) is 3. The SMILES string of the molecule is [N-]=[N+]=N[C@@H]1O[C@H](COP(=O)(OCc2ccccc2)OCc2ccccc2)[C@@H](O)[C@H]1O. The van der Waals surface area contributed by atoms with Crippen LogP contribution < -0.4 is 0 Å². The van der Waals surface area contributed by atoms with Crippen molar-refractivity contribution >= 4 is 7.82 Å². The first-order valence-electron chi connectivity index (χ1n) is 9.18. The fraction of sp³-hybridized carbons (Fsp3) is 0.368. The van der Waals surface area contributed by atoms with Crippen LogP contribution in [0.25, 0.3) is 10.4 Å². The summed E-state index contributed by atoms with van der Waals surface area (Å²) < 4.78 is 34.7. The minimum Gasteiger partial charge on any atom is -0.388 e. The topological polar surface area (TPSA) is 143 Å². The number of hydrogen-bond donors (Lipinski definition) is 2. The molecule has 1 aliphatic rings. The van der Waals surface area contributed by atoms with Crippen molar-refractivity contribution in [3.8, 4) is 0 Å². The molecule has 1 saturated heterocycles. The van der Waals surface area contributed by atoms with E-state index in [0.29, 0.717) is 0 Å². The molecule has 1 heterocycles. The smallest absolute Gasteiger partial charge is 0.388 e. The first-order valence-corrected chi connectivity index (χ1v) is 10.6. The number of phosphoric acid groups is 1. The molecule has 1 fully saturated rings. The van der Waals surface area contributed by atoms with Crippen LogP contribution in [0.2, 0.25) is 0 Å². The Morgan fingerprint density at radius 1 is 0.933 bits per heavy atom. The second-order valence-corrected chi connectivity index (χ2v) is 8.18. The number of phosphoric ester groups is 1. The van der Waals surface area contributed by atoms with Crippen LogP contribution in [0.15, 0.2) is 65.8 Å². The van der Waals surface area contributed by atoms with Gasteiger partial charge in [0.2, 0.25) is 0 Å². The quantitative estimate of drug-likeness (QED) is 0.252. The number of ether oxygens (including phenoxy) is 1. The molecule has 0 unspecified atom stereocenters. The Morgan fingerprint density at radius 3 is 1.97 bits per heavy atom. The second-order valence-electron chi connectivity index (χ2n) is 6.51. The van der Waals surface area contributed by atoms with Gasteiger partial charge in [0.05, 0.1) is 19.8 Å². The Bertz CT molecular complexity index is 848. The zero-order chi connectivity index (χ0) is 21.4. The van der Waals surface area contributed by atoms with Crippen LogP contribution in [0, 0.1) is 0 Å².